The molecule has 28 heavy (non-hydrogen) atoms. The van der Waals surface area contributed by atoms with Crippen LogP contribution in [0.3, 0.4) is 0 Å². The lowest BCUT2D eigenvalue weighted by Gasteiger charge is -2.12. The molecule has 0 atom stereocenters. The number of carbonyl (C=O) groups excluding carboxylic acids is 2. The molecule has 0 spiro atoms. The number of hydrogen-bond donors (Lipinski definition) is 0. The number of esters is 1. The zero-order valence-electron chi connectivity index (χ0n) is 17.5. The van der Waals surface area contributed by atoms with Gasteiger partial charge < -0.3 is 18.8 Å². The minimum atomic E-state index is -0.627. The molecule has 0 radical (unpaired) electrons. The monoisotopic (exact) mass is 387 g/mol. The average Bonchev–Trinajstić information content (AvgIpc) is 2.96. The topological polar surface area (TPSA) is 66.8 Å². The Hall–Kier alpha value is -2.76. The zero-order chi connectivity index (χ0) is 20.8. The second-order valence-electron chi connectivity index (χ2n) is 7.16. The maximum atomic E-state index is 12.6. The van der Waals surface area contributed by atoms with E-state index in [4.69, 9.17) is 14.2 Å². The van der Waals surface area contributed by atoms with E-state index in [2.05, 4.69) is 18.4 Å². The summed E-state index contributed by atoms with van der Waals surface area (Å²) in [4.78, 5) is 25.1. The van der Waals surface area contributed by atoms with E-state index in [0.717, 1.165) is 24.4 Å². The molecule has 2 rings (SSSR count). The van der Waals surface area contributed by atoms with Crippen molar-refractivity contribution in [3.8, 4) is 11.5 Å². The van der Waals surface area contributed by atoms with Crippen molar-refractivity contribution >= 4 is 11.8 Å². The summed E-state index contributed by atoms with van der Waals surface area (Å²) >= 11 is 0. The molecule has 6 nitrogen and oxygen atoms in total. The van der Waals surface area contributed by atoms with Gasteiger partial charge >= 0.3 is 5.97 Å². The molecule has 1 aromatic heterocycles. The summed E-state index contributed by atoms with van der Waals surface area (Å²) in [6.45, 7) is 8.79. The van der Waals surface area contributed by atoms with E-state index < -0.39 is 5.97 Å². The molecule has 0 bridgehead atoms. The van der Waals surface area contributed by atoms with Crippen molar-refractivity contribution in [1.29, 1.82) is 0 Å². The third-order valence-corrected chi connectivity index (χ3v) is 4.76. The largest absolute Gasteiger partial charge is 0.493 e. The third-order valence-electron chi connectivity index (χ3n) is 4.76. The van der Waals surface area contributed by atoms with E-state index in [1.54, 1.807) is 18.2 Å². The Balaban J connectivity index is 2.11. The van der Waals surface area contributed by atoms with Crippen molar-refractivity contribution in [3.63, 3.8) is 0 Å². The third kappa shape index (κ3) is 4.74. The molecule has 152 valence electrons. The van der Waals surface area contributed by atoms with Crippen molar-refractivity contribution < 1.29 is 23.8 Å². The summed E-state index contributed by atoms with van der Waals surface area (Å²) in [6, 6.07) is 6.79. The number of para-hydroxylation sites is 1. The van der Waals surface area contributed by atoms with E-state index in [-0.39, 0.29) is 23.7 Å². The molecule has 0 aliphatic rings. The minimum absolute atomic E-state index is 0.219. The molecule has 1 heterocycles. The number of carbonyl (C=O) groups is 2. The number of Topliss-reactive ketones (excluding diaryl/α,β-unsaturated/α-hetero) is 1. The van der Waals surface area contributed by atoms with Gasteiger partial charge in [0, 0.05) is 23.5 Å². The molecule has 0 saturated carbocycles. The van der Waals surface area contributed by atoms with Crippen LogP contribution in [0.25, 0.3) is 0 Å². The lowest BCUT2D eigenvalue weighted by molar-refractivity contribution is 0.0471. The second-order valence-corrected chi connectivity index (χ2v) is 7.16. The Morgan fingerprint density at radius 2 is 1.79 bits per heavy atom. The SMILES string of the molecule is COc1cccc(C(=O)OCC(=O)c2cc(C)n(CCC(C)C)c2C)c1OC. The Morgan fingerprint density at radius 1 is 1.07 bits per heavy atom. The van der Waals surface area contributed by atoms with Crippen molar-refractivity contribution in [1.82, 2.24) is 4.57 Å². The molecule has 0 aliphatic heterocycles. The molecule has 0 fully saturated rings. The first kappa shape index (κ1) is 21.5. The molecule has 0 unspecified atom stereocenters. The van der Waals surface area contributed by atoms with Gasteiger partial charge in [0.2, 0.25) is 5.78 Å². The summed E-state index contributed by atoms with van der Waals surface area (Å²) < 4.78 is 17.8. The maximum Gasteiger partial charge on any atom is 0.342 e. The maximum absolute atomic E-state index is 12.6. The summed E-state index contributed by atoms with van der Waals surface area (Å²) in [7, 11) is 2.94. The molecule has 2 aromatic rings. The summed E-state index contributed by atoms with van der Waals surface area (Å²) in [6.07, 6.45) is 1.04. The number of aryl methyl sites for hydroxylation is 1. The van der Waals surface area contributed by atoms with E-state index in [1.165, 1.54) is 14.2 Å². The Morgan fingerprint density at radius 3 is 2.39 bits per heavy atom. The first-order valence-electron chi connectivity index (χ1n) is 9.38. The van der Waals surface area contributed by atoms with E-state index >= 15 is 0 Å². The number of ether oxygens (including phenoxy) is 3. The zero-order valence-corrected chi connectivity index (χ0v) is 17.5. The van der Waals surface area contributed by atoms with Crippen LogP contribution < -0.4 is 9.47 Å². The van der Waals surface area contributed by atoms with Gasteiger partial charge in [-0.2, -0.15) is 0 Å². The van der Waals surface area contributed by atoms with Crippen LogP contribution in [-0.4, -0.2) is 37.1 Å². The van der Waals surface area contributed by atoms with Crippen molar-refractivity contribution in [2.24, 2.45) is 5.92 Å². The number of methoxy groups -OCH3 is 2. The molecule has 0 N–H and O–H groups in total. The van der Waals surface area contributed by atoms with Gasteiger partial charge in [-0.1, -0.05) is 19.9 Å². The van der Waals surface area contributed by atoms with Crippen LogP contribution in [0.15, 0.2) is 24.3 Å². The quantitative estimate of drug-likeness (QED) is 0.476. The highest BCUT2D eigenvalue weighted by Gasteiger charge is 2.21. The summed E-state index contributed by atoms with van der Waals surface area (Å²) in [5, 5.41) is 0. The van der Waals surface area contributed by atoms with Crippen molar-refractivity contribution in [2.75, 3.05) is 20.8 Å². The molecule has 6 heteroatoms. The highest BCUT2D eigenvalue weighted by Crippen LogP contribution is 2.31. The molecular formula is C22H29NO5. The normalized spacial score (nSPS) is 10.8. The van der Waals surface area contributed by atoms with Gasteiger partial charge in [0.05, 0.1) is 14.2 Å². The van der Waals surface area contributed by atoms with Gasteiger partial charge in [0.25, 0.3) is 0 Å². The lowest BCUT2D eigenvalue weighted by Crippen LogP contribution is -2.16. The fraction of sp³-hybridized carbons (Fsp3) is 0.455. The van der Waals surface area contributed by atoms with E-state index in [0.29, 0.717) is 17.2 Å². The van der Waals surface area contributed by atoms with Gasteiger partial charge in [0.15, 0.2) is 18.1 Å². The van der Waals surface area contributed by atoms with E-state index in [1.807, 2.05) is 19.9 Å². The number of aromatic nitrogens is 1. The van der Waals surface area contributed by atoms with Crippen LogP contribution in [0, 0.1) is 19.8 Å². The number of hydrogen-bond acceptors (Lipinski definition) is 5. The van der Waals surface area contributed by atoms with Crippen molar-refractivity contribution in [2.45, 2.75) is 40.7 Å². The minimum Gasteiger partial charge on any atom is -0.493 e. The fourth-order valence-corrected chi connectivity index (χ4v) is 3.15. The first-order valence-corrected chi connectivity index (χ1v) is 9.38. The number of nitrogens with zero attached hydrogens (tertiary/aromatic N) is 1. The predicted octanol–water partition coefficient (Wildman–Crippen LogP) is 4.21. The predicted molar refractivity (Wildman–Crippen MR) is 108 cm³/mol. The number of ketones is 1. The summed E-state index contributed by atoms with van der Waals surface area (Å²) in [5.41, 5.74) is 2.74. The fourth-order valence-electron chi connectivity index (χ4n) is 3.15. The standard InChI is InChI=1S/C22H29NO5/c1-14(2)10-11-23-15(3)12-18(16(23)4)19(24)13-28-22(25)17-8-7-9-20(26-5)21(17)27-6/h7-9,12,14H,10-11,13H2,1-6H3. The smallest absolute Gasteiger partial charge is 0.342 e. The van der Waals surface area contributed by atoms with Crippen LogP contribution in [0.4, 0.5) is 0 Å². The van der Waals surface area contributed by atoms with Gasteiger partial charge in [0.1, 0.15) is 5.56 Å². The highest BCUT2D eigenvalue weighted by atomic mass is 16.5. The van der Waals surface area contributed by atoms with E-state index in [9.17, 15) is 9.59 Å². The molecular weight excluding hydrogens is 358 g/mol. The summed E-state index contributed by atoms with van der Waals surface area (Å²) in [5.74, 6) is 0.447. The first-order chi connectivity index (χ1) is 13.3. The molecule has 0 aliphatic carbocycles. The molecule has 0 saturated heterocycles. The Labute approximate surface area is 166 Å². The van der Waals surface area contributed by atoms with Crippen LogP contribution in [0.1, 0.15) is 52.4 Å². The van der Waals surface area contributed by atoms with Gasteiger partial charge in [-0.3, -0.25) is 4.79 Å². The van der Waals surface area contributed by atoms with Crippen LogP contribution in [-0.2, 0) is 11.3 Å². The molecule has 0 amide bonds. The second kappa shape index (κ2) is 9.44. The lowest BCUT2D eigenvalue weighted by atomic mass is 10.1. The number of rotatable bonds is 9. The average molecular weight is 387 g/mol. The highest BCUT2D eigenvalue weighted by molar-refractivity contribution is 6.01. The van der Waals surface area contributed by atoms with Gasteiger partial charge in [-0.05, 0) is 44.4 Å². The van der Waals surface area contributed by atoms with Crippen LogP contribution in [0.5, 0.6) is 11.5 Å². The van der Waals surface area contributed by atoms with Crippen molar-refractivity contribution in [3.05, 3.63) is 46.8 Å². The van der Waals surface area contributed by atoms with Crippen LogP contribution >= 0.6 is 0 Å². The Kier molecular flexibility index (Phi) is 7.26. The molecule has 1 aromatic carbocycles. The Bertz CT molecular complexity index is 851. The van der Waals surface area contributed by atoms with Gasteiger partial charge in [-0.25, -0.2) is 4.79 Å². The van der Waals surface area contributed by atoms with Gasteiger partial charge in [-0.15, -0.1) is 0 Å². The van der Waals surface area contributed by atoms with Crippen LogP contribution in [0.2, 0.25) is 0 Å². The number of benzene rings is 1.